The van der Waals surface area contributed by atoms with Crippen molar-refractivity contribution in [3.05, 3.63) is 47.3 Å². The second kappa shape index (κ2) is 8.78. The number of benzene rings is 1. The molecule has 10 heteroatoms. The first kappa shape index (κ1) is 20.6. The fraction of sp³-hybridized carbons (Fsp3) is 0.353. The maximum atomic E-state index is 12.2. The lowest BCUT2D eigenvalue weighted by molar-refractivity contribution is -0.147. The van der Waals surface area contributed by atoms with Crippen LogP contribution in [-0.4, -0.2) is 38.6 Å². The number of hydrogen-bond acceptors (Lipinski definition) is 7. The standard InChI is InChI=1S/C17H21N3O6S/c1-11(14-7-5-4-6-8-14)19-15(21)10-25-16(22)9-18-27(23,24)17-12(2)20-26-13(17)3/h4-8,11,18H,9-10H2,1-3H3,(H,19,21)/t11-/m0/s1. The number of ether oxygens (including phenoxy) is 1. The number of esters is 1. The molecule has 1 aromatic carbocycles. The third-order valence-electron chi connectivity index (χ3n) is 3.68. The molecule has 1 amide bonds. The summed E-state index contributed by atoms with van der Waals surface area (Å²) in [5.74, 6) is -1.26. The molecule has 0 fully saturated rings. The van der Waals surface area contributed by atoms with E-state index in [1.54, 1.807) is 6.92 Å². The number of carbonyl (C=O) groups is 2. The van der Waals surface area contributed by atoms with Gasteiger partial charge >= 0.3 is 5.97 Å². The molecule has 0 aliphatic rings. The van der Waals surface area contributed by atoms with E-state index in [0.29, 0.717) is 0 Å². The van der Waals surface area contributed by atoms with Crippen LogP contribution in [0.25, 0.3) is 0 Å². The number of amides is 1. The molecular formula is C17H21N3O6S. The Morgan fingerprint density at radius 2 is 1.89 bits per heavy atom. The minimum Gasteiger partial charge on any atom is -0.455 e. The molecule has 27 heavy (non-hydrogen) atoms. The summed E-state index contributed by atoms with van der Waals surface area (Å²) in [6, 6.07) is 9.03. The average Bonchev–Trinajstić information content (AvgIpc) is 2.98. The van der Waals surface area contributed by atoms with Crippen molar-refractivity contribution in [1.29, 1.82) is 0 Å². The van der Waals surface area contributed by atoms with E-state index in [2.05, 4.69) is 15.2 Å². The zero-order valence-electron chi connectivity index (χ0n) is 15.2. The molecule has 0 saturated carbocycles. The zero-order chi connectivity index (χ0) is 20.0. The predicted molar refractivity (Wildman–Crippen MR) is 95.1 cm³/mol. The molecule has 2 aromatic rings. The van der Waals surface area contributed by atoms with Gasteiger partial charge in [0, 0.05) is 0 Å². The fourth-order valence-corrected chi connectivity index (χ4v) is 3.68. The Labute approximate surface area is 157 Å². The smallest absolute Gasteiger partial charge is 0.321 e. The van der Waals surface area contributed by atoms with Gasteiger partial charge < -0.3 is 14.6 Å². The Balaban J connectivity index is 1.80. The molecule has 0 aliphatic carbocycles. The number of rotatable bonds is 8. The van der Waals surface area contributed by atoms with Gasteiger partial charge in [0.15, 0.2) is 12.4 Å². The van der Waals surface area contributed by atoms with E-state index in [4.69, 9.17) is 9.26 Å². The number of nitrogens with zero attached hydrogens (tertiary/aromatic N) is 1. The molecule has 1 heterocycles. The van der Waals surface area contributed by atoms with Crippen molar-refractivity contribution in [3.63, 3.8) is 0 Å². The molecule has 9 nitrogen and oxygen atoms in total. The minimum atomic E-state index is -3.97. The Hall–Kier alpha value is -2.72. The van der Waals surface area contributed by atoms with E-state index in [1.807, 2.05) is 30.3 Å². The highest BCUT2D eigenvalue weighted by Crippen LogP contribution is 2.18. The number of aromatic nitrogens is 1. The number of sulfonamides is 1. The summed E-state index contributed by atoms with van der Waals surface area (Å²) in [5, 5.41) is 6.24. The van der Waals surface area contributed by atoms with Gasteiger partial charge in [-0.2, -0.15) is 4.72 Å². The highest BCUT2D eigenvalue weighted by Gasteiger charge is 2.25. The summed E-state index contributed by atoms with van der Waals surface area (Å²) < 4.78 is 36.1. The van der Waals surface area contributed by atoms with Crippen LogP contribution in [0, 0.1) is 13.8 Å². The lowest BCUT2D eigenvalue weighted by atomic mass is 10.1. The summed E-state index contributed by atoms with van der Waals surface area (Å²) in [4.78, 5) is 23.5. The third kappa shape index (κ3) is 5.63. The summed E-state index contributed by atoms with van der Waals surface area (Å²) in [5.41, 5.74) is 1.09. The Morgan fingerprint density at radius 1 is 1.22 bits per heavy atom. The van der Waals surface area contributed by atoms with E-state index in [9.17, 15) is 18.0 Å². The minimum absolute atomic E-state index is 0.114. The van der Waals surface area contributed by atoms with Crippen LogP contribution in [-0.2, 0) is 24.3 Å². The van der Waals surface area contributed by atoms with Crippen molar-refractivity contribution in [2.24, 2.45) is 0 Å². The van der Waals surface area contributed by atoms with Crippen LogP contribution in [0.5, 0.6) is 0 Å². The van der Waals surface area contributed by atoms with E-state index in [1.165, 1.54) is 13.8 Å². The molecule has 0 radical (unpaired) electrons. The fourth-order valence-electron chi connectivity index (χ4n) is 2.39. The van der Waals surface area contributed by atoms with Gasteiger partial charge in [0.2, 0.25) is 10.0 Å². The second-order valence-electron chi connectivity index (χ2n) is 5.84. The molecule has 0 aliphatic heterocycles. The highest BCUT2D eigenvalue weighted by atomic mass is 32.2. The third-order valence-corrected chi connectivity index (χ3v) is 5.33. The number of hydrogen-bond donors (Lipinski definition) is 2. The van der Waals surface area contributed by atoms with E-state index >= 15 is 0 Å². The largest absolute Gasteiger partial charge is 0.455 e. The molecule has 0 unspecified atom stereocenters. The maximum absolute atomic E-state index is 12.2. The molecule has 2 N–H and O–H groups in total. The quantitative estimate of drug-likeness (QED) is 0.638. The molecule has 0 bridgehead atoms. The highest BCUT2D eigenvalue weighted by molar-refractivity contribution is 7.89. The lowest BCUT2D eigenvalue weighted by Crippen LogP contribution is -2.35. The maximum Gasteiger partial charge on any atom is 0.321 e. The SMILES string of the molecule is Cc1noc(C)c1S(=O)(=O)NCC(=O)OCC(=O)N[C@@H](C)c1ccccc1. The van der Waals surface area contributed by atoms with Crippen LogP contribution in [0.1, 0.15) is 30.0 Å². The van der Waals surface area contributed by atoms with Crippen LogP contribution in [0.4, 0.5) is 0 Å². The normalized spacial score (nSPS) is 12.4. The summed E-state index contributed by atoms with van der Waals surface area (Å²) in [7, 11) is -3.97. The first-order valence-corrected chi connectivity index (χ1v) is 9.61. The van der Waals surface area contributed by atoms with Gasteiger partial charge in [-0.1, -0.05) is 35.5 Å². The number of aryl methyl sites for hydroxylation is 2. The average molecular weight is 395 g/mol. The van der Waals surface area contributed by atoms with Crippen LogP contribution in [0.2, 0.25) is 0 Å². The molecule has 146 valence electrons. The van der Waals surface area contributed by atoms with Gasteiger partial charge in [0.1, 0.15) is 17.1 Å². The van der Waals surface area contributed by atoms with Crippen molar-refractivity contribution in [1.82, 2.24) is 15.2 Å². The Morgan fingerprint density at radius 3 is 2.48 bits per heavy atom. The zero-order valence-corrected chi connectivity index (χ0v) is 16.0. The number of nitrogens with one attached hydrogen (secondary N) is 2. The topological polar surface area (TPSA) is 128 Å². The molecule has 0 saturated heterocycles. The molecule has 1 aromatic heterocycles. The van der Waals surface area contributed by atoms with Gasteiger partial charge in [0.25, 0.3) is 5.91 Å². The van der Waals surface area contributed by atoms with Gasteiger partial charge in [-0.3, -0.25) is 9.59 Å². The van der Waals surface area contributed by atoms with Crippen molar-refractivity contribution in [2.75, 3.05) is 13.2 Å². The predicted octanol–water partition coefficient (Wildman–Crippen LogP) is 0.990. The summed E-state index contributed by atoms with van der Waals surface area (Å²) in [6.45, 7) is 3.59. The summed E-state index contributed by atoms with van der Waals surface area (Å²) >= 11 is 0. The van der Waals surface area contributed by atoms with E-state index < -0.39 is 35.1 Å². The Bertz CT molecular complexity index is 889. The van der Waals surface area contributed by atoms with Crippen molar-refractivity contribution in [3.8, 4) is 0 Å². The van der Waals surface area contributed by atoms with Crippen molar-refractivity contribution in [2.45, 2.75) is 31.7 Å². The van der Waals surface area contributed by atoms with Crippen LogP contribution < -0.4 is 10.0 Å². The van der Waals surface area contributed by atoms with Gasteiger partial charge in [-0.15, -0.1) is 0 Å². The van der Waals surface area contributed by atoms with Crippen molar-refractivity contribution < 1.29 is 27.3 Å². The molecular weight excluding hydrogens is 374 g/mol. The lowest BCUT2D eigenvalue weighted by Gasteiger charge is -2.14. The van der Waals surface area contributed by atoms with Crippen molar-refractivity contribution >= 4 is 21.9 Å². The summed E-state index contributed by atoms with van der Waals surface area (Å²) in [6.07, 6.45) is 0. The van der Waals surface area contributed by atoms with Crippen LogP contribution in [0.3, 0.4) is 0 Å². The molecule has 2 rings (SSSR count). The van der Waals surface area contributed by atoms with Crippen LogP contribution >= 0.6 is 0 Å². The Kier molecular flexibility index (Phi) is 6.70. The van der Waals surface area contributed by atoms with E-state index in [-0.39, 0.29) is 22.4 Å². The van der Waals surface area contributed by atoms with Crippen LogP contribution in [0.15, 0.2) is 39.8 Å². The van der Waals surface area contributed by atoms with Gasteiger partial charge in [0.05, 0.1) is 6.04 Å². The first-order valence-electron chi connectivity index (χ1n) is 8.13. The van der Waals surface area contributed by atoms with E-state index in [0.717, 1.165) is 5.56 Å². The van der Waals surface area contributed by atoms with Gasteiger partial charge in [-0.25, -0.2) is 8.42 Å². The first-order chi connectivity index (χ1) is 12.7. The number of carbonyl (C=O) groups excluding carboxylic acids is 2. The molecule has 0 spiro atoms. The van der Waals surface area contributed by atoms with Gasteiger partial charge in [-0.05, 0) is 26.3 Å². The monoisotopic (exact) mass is 395 g/mol. The second-order valence-corrected chi connectivity index (χ2v) is 7.54. The molecule has 1 atom stereocenters.